The van der Waals surface area contributed by atoms with Crippen molar-refractivity contribution < 1.29 is 0 Å². The van der Waals surface area contributed by atoms with Crippen LogP contribution in [0.2, 0.25) is 0 Å². The Balaban J connectivity index is 2.16. The molecule has 0 amide bonds. The number of fused-ring (bicyclic) bond motifs is 1. The Kier molecular flexibility index (Phi) is 2.75. The summed E-state index contributed by atoms with van der Waals surface area (Å²) in [5.74, 6) is 0.637. The maximum atomic E-state index is 7.66. The molecule has 2 aliphatic rings. The number of unbranched alkanes of at least 4 members (excludes halogenated alkanes) is 2. The van der Waals surface area contributed by atoms with Crippen molar-refractivity contribution in [3.05, 3.63) is 11.3 Å². The minimum absolute atomic E-state index is 0.195. The van der Waals surface area contributed by atoms with Crippen molar-refractivity contribution in [1.82, 2.24) is 0 Å². The van der Waals surface area contributed by atoms with Gasteiger partial charge < -0.3 is 0 Å². The smallest absolute Gasteiger partial charge is 0.226 e. The summed E-state index contributed by atoms with van der Waals surface area (Å²) in [4.78, 5) is 0. The molecular weight excluding hydrogens is 192 g/mol. The summed E-state index contributed by atoms with van der Waals surface area (Å²) in [6.45, 7) is 2.14. The normalized spacial score (nSPS) is 18.5. The van der Waals surface area contributed by atoms with Crippen LogP contribution in [0.3, 0.4) is 0 Å². The molecule has 2 rings (SSSR count). The van der Waals surface area contributed by atoms with Crippen LogP contribution in [0, 0.1) is 5.41 Å². The van der Waals surface area contributed by atoms with Gasteiger partial charge >= 0.3 is 0 Å². The minimum Gasteiger partial charge on any atom is -0.281 e. The Morgan fingerprint density at radius 2 is 2.00 bits per heavy atom. The van der Waals surface area contributed by atoms with E-state index in [0.29, 0.717) is 11.5 Å². The number of azo groups is 1. The van der Waals surface area contributed by atoms with E-state index in [9.17, 15) is 0 Å². The molecule has 0 aromatic heterocycles. The fraction of sp³-hybridized carbons (Fsp3) is 0.556. The minimum atomic E-state index is 0.195. The van der Waals surface area contributed by atoms with Crippen LogP contribution >= 0.6 is 0 Å². The van der Waals surface area contributed by atoms with Crippen LogP contribution in [0.4, 0.5) is 0 Å². The standard InChI is InChI=1S/C9H12N6/c1-2-3-4-5-6-7-9(14-15-11-7)13-12-8(6)10/h10H,2-5H2,1H3. The van der Waals surface area contributed by atoms with Gasteiger partial charge in [-0.2, -0.15) is 0 Å². The fourth-order valence-corrected chi connectivity index (χ4v) is 1.52. The molecule has 1 N–H and O–H groups in total. The lowest BCUT2D eigenvalue weighted by molar-refractivity contribution is 0.718. The summed E-state index contributed by atoms with van der Waals surface area (Å²) in [5.41, 5.74) is 1.45. The first-order valence-corrected chi connectivity index (χ1v) is 5.06. The number of hydrogen-bond acceptors (Lipinski definition) is 5. The van der Waals surface area contributed by atoms with E-state index in [1.165, 1.54) is 0 Å². The Labute approximate surface area is 87.4 Å². The lowest BCUT2D eigenvalue weighted by Crippen LogP contribution is -2.11. The van der Waals surface area contributed by atoms with Crippen molar-refractivity contribution >= 4 is 11.7 Å². The van der Waals surface area contributed by atoms with E-state index in [0.717, 1.165) is 31.3 Å². The molecule has 0 saturated heterocycles. The monoisotopic (exact) mass is 204 g/mol. The molecule has 0 saturated carbocycles. The zero-order valence-electron chi connectivity index (χ0n) is 8.56. The van der Waals surface area contributed by atoms with Gasteiger partial charge in [0.2, 0.25) is 5.84 Å². The van der Waals surface area contributed by atoms with Gasteiger partial charge in [0.15, 0.2) is 5.84 Å². The quantitative estimate of drug-likeness (QED) is 0.682. The SMILES string of the molecule is CCCCCC1=C2N=NN=C2N=NC1=N. The van der Waals surface area contributed by atoms with Crippen molar-refractivity contribution in [1.29, 1.82) is 5.41 Å². The van der Waals surface area contributed by atoms with Crippen molar-refractivity contribution in [2.75, 3.05) is 0 Å². The van der Waals surface area contributed by atoms with Gasteiger partial charge in [0, 0.05) is 5.57 Å². The van der Waals surface area contributed by atoms with Gasteiger partial charge in [-0.3, -0.25) is 5.41 Å². The van der Waals surface area contributed by atoms with Crippen molar-refractivity contribution in [2.24, 2.45) is 25.7 Å². The molecule has 0 radical (unpaired) electrons. The number of nitrogens with one attached hydrogen (secondary N) is 1. The summed E-state index contributed by atoms with van der Waals surface area (Å²) >= 11 is 0. The maximum Gasteiger partial charge on any atom is 0.226 e. The molecule has 15 heavy (non-hydrogen) atoms. The first-order valence-electron chi connectivity index (χ1n) is 5.06. The van der Waals surface area contributed by atoms with Crippen molar-refractivity contribution in [3.8, 4) is 0 Å². The van der Waals surface area contributed by atoms with Crippen LogP contribution in [-0.2, 0) is 0 Å². The van der Waals surface area contributed by atoms with Crippen LogP contribution < -0.4 is 0 Å². The van der Waals surface area contributed by atoms with Gasteiger partial charge in [0.25, 0.3) is 0 Å². The van der Waals surface area contributed by atoms with Gasteiger partial charge in [-0.15, -0.1) is 20.4 Å². The number of rotatable bonds is 4. The molecule has 6 nitrogen and oxygen atoms in total. The molecular formula is C9H12N6. The van der Waals surface area contributed by atoms with E-state index >= 15 is 0 Å². The average Bonchev–Trinajstić information content (AvgIpc) is 2.69. The van der Waals surface area contributed by atoms with Crippen LogP contribution in [0.5, 0.6) is 0 Å². The lowest BCUT2D eigenvalue weighted by atomic mass is 10.0. The van der Waals surface area contributed by atoms with E-state index in [1.54, 1.807) is 0 Å². The van der Waals surface area contributed by atoms with E-state index in [1.807, 2.05) is 0 Å². The van der Waals surface area contributed by atoms with Gasteiger partial charge in [0.05, 0.1) is 0 Å². The highest BCUT2D eigenvalue weighted by molar-refractivity contribution is 6.11. The third-order valence-electron chi connectivity index (χ3n) is 2.34. The third kappa shape index (κ3) is 1.88. The summed E-state index contributed by atoms with van der Waals surface area (Å²) in [5, 5.41) is 26.3. The lowest BCUT2D eigenvalue weighted by Gasteiger charge is -2.09. The zero-order valence-corrected chi connectivity index (χ0v) is 8.56. The Bertz CT molecular complexity index is 401. The molecule has 0 aromatic rings. The number of hydrogen-bond donors (Lipinski definition) is 1. The molecule has 0 bridgehead atoms. The van der Waals surface area contributed by atoms with E-state index in [4.69, 9.17) is 5.41 Å². The van der Waals surface area contributed by atoms with Crippen molar-refractivity contribution in [2.45, 2.75) is 32.6 Å². The average molecular weight is 204 g/mol. The molecule has 6 heteroatoms. The highest BCUT2D eigenvalue weighted by Gasteiger charge is 2.24. The van der Waals surface area contributed by atoms with Gasteiger partial charge in [0.1, 0.15) is 5.70 Å². The first kappa shape index (κ1) is 9.82. The largest absolute Gasteiger partial charge is 0.281 e. The third-order valence-corrected chi connectivity index (χ3v) is 2.34. The highest BCUT2D eigenvalue weighted by Crippen LogP contribution is 2.25. The molecule has 0 aromatic carbocycles. The predicted octanol–water partition coefficient (Wildman–Crippen LogP) is 3.04. The Hall–Kier alpha value is -1.72. The summed E-state index contributed by atoms with van der Waals surface area (Å²) in [6, 6.07) is 0. The summed E-state index contributed by atoms with van der Waals surface area (Å²) in [7, 11) is 0. The molecule has 0 unspecified atom stereocenters. The topological polar surface area (TPSA) is 85.7 Å². The second kappa shape index (κ2) is 4.20. The maximum absolute atomic E-state index is 7.66. The van der Waals surface area contributed by atoms with Crippen molar-refractivity contribution in [3.63, 3.8) is 0 Å². The molecule has 0 atom stereocenters. The van der Waals surface area contributed by atoms with Crippen LogP contribution in [0.15, 0.2) is 36.9 Å². The molecule has 78 valence electrons. The second-order valence-electron chi connectivity index (χ2n) is 3.45. The molecule has 2 aliphatic heterocycles. The van der Waals surface area contributed by atoms with E-state index in [-0.39, 0.29) is 5.84 Å². The number of amidine groups is 2. The second-order valence-corrected chi connectivity index (χ2v) is 3.45. The molecule has 0 fully saturated rings. The van der Waals surface area contributed by atoms with Crippen LogP contribution in [0.25, 0.3) is 0 Å². The zero-order chi connectivity index (χ0) is 10.7. The highest BCUT2D eigenvalue weighted by atomic mass is 15.4. The molecule has 2 heterocycles. The Morgan fingerprint density at radius 3 is 2.80 bits per heavy atom. The molecule has 0 spiro atoms. The van der Waals surface area contributed by atoms with Gasteiger partial charge in [-0.05, 0) is 18.1 Å². The van der Waals surface area contributed by atoms with E-state index < -0.39 is 0 Å². The van der Waals surface area contributed by atoms with Gasteiger partial charge in [-0.25, -0.2) is 0 Å². The number of nitrogens with zero attached hydrogens (tertiary/aromatic N) is 5. The van der Waals surface area contributed by atoms with Crippen LogP contribution in [0.1, 0.15) is 32.6 Å². The predicted molar refractivity (Wildman–Crippen MR) is 56.0 cm³/mol. The summed E-state index contributed by atoms with van der Waals surface area (Å²) in [6.07, 6.45) is 4.14. The van der Waals surface area contributed by atoms with E-state index in [2.05, 4.69) is 32.6 Å². The van der Waals surface area contributed by atoms with Gasteiger partial charge in [-0.1, -0.05) is 19.8 Å². The summed E-state index contributed by atoms with van der Waals surface area (Å²) < 4.78 is 0. The Morgan fingerprint density at radius 1 is 1.13 bits per heavy atom. The first-order chi connectivity index (χ1) is 7.33. The van der Waals surface area contributed by atoms with Crippen LogP contribution in [-0.4, -0.2) is 11.7 Å². The molecule has 0 aliphatic carbocycles. The fourth-order valence-electron chi connectivity index (χ4n) is 1.52.